The summed E-state index contributed by atoms with van der Waals surface area (Å²) in [6.45, 7) is 7.08. The highest BCUT2D eigenvalue weighted by molar-refractivity contribution is 5.84. The van der Waals surface area contributed by atoms with E-state index in [-0.39, 0.29) is 5.91 Å². The third kappa shape index (κ3) is 6.65. The summed E-state index contributed by atoms with van der Waals surface area (Å²) in [5, 5.41) is 3.01. The summed E-state index contributed by atoms with van der Waals surface area (Å²) in [6.07, 6.45) is 1.60. The summed E-state index contributed by atoms with van der Waals surface area (Å²) in [4.78, 5) is 13.8. The lowest BCUT2D eigenvalue weighted by Gasteiger charge is -2.31. The Morgan fingerprint density at radius 2 is 2.00 bits per heavy atom. The second kappa shape index (κ2) is 10.1. The first-order chi connectivity index (χ1) is 9.41. The van der Waals surface area contributed by atoms with Crippen molar-refractivity contribution in [2.75, 3.05) is 47.6 Å². The van der Waals surface area contributed by atoms with E-state index >= 15 is 0 Å². The average molecular weight is 289 g/mol. The zero-order valence-electron chi connectivity index (χ0n) is 13.6. The van der Waals surface area contributed by atoms with Crippen LogP contribution in [0.5, 0.6) is 0 Å². The number of amides is 1. The van der Waals surface area contributed by atoms with Crippen LogP contribution in [0.1, 0.15) is 26.7 Å². The number of nitrogens with zero attached hydrogens (tertiary/aromatic N) is 1. The van der Waals surface area contributed by atoms with Gasteiger partial charge in [-0.25, -0.2) is 0 Å². The Morgan fingerprint density at radius 3 is 2.45 bits per heavy atom. The van der Waals surface area contributed by atoms with E-state index in [4.69, 9.17) is 15.2 Å². The lowest BCUT2D eigenvalue weighted by atomic mass is 9.95. The number of hydrogen-bond acceptors (Lipinski definition) is 5. The van der Waals surface area contributed by atoms with Crippen molar-refractivity contribution in [3.05, 3.63) is 0 Å². The van der Waals surface area contributed by atoms with E-state index in [0.29, 0.717) is 25.7 Å². The van der Waals surface area contributed by atoms with E-state index < -0.39 is 5.54 Å². The number of methoxy groups -OCH3 is 2. The topological polar surface area (TPSA) is 76.8 Å². The van der Waals surface area contributed by atoms with Crippen molar-refractivity contribution in [3.8, 4) is 0 Å². The second-order valence-corrected chi connectivity index (χ2v) is 5.38. The molecule has 120 valence electrons. The van der Waals surface area contributed by atoms with Crippen molar-refractivity contribution >= 4 is 5.91 Å². The van der Waals surface area contributed by atoms with Gasteiger partial charge in [0.1, 0.15) is 0 Å². The minimum absolute atomic E-state index is 0.312. The molecule has 0 saturated carbocycles. The lowest BCUT2D eigenvalue weighted by Crippen LogP contribution is -2.52. The summed E-state index contributed by atoms with van der Waals surface area (Å²) in [6, 6.07) is 0.324. The van der Waals surface area contributed by atoms with E-state index in [0.717, 1.165) is 19.5 Å². The predicted octanol–water partition coefficient (Wildman–Crippen LogP) is 0.213. The highest BCUT2D eigenvalue weighted by Gasteiger charge is 2.28. The van der Waals surface area contributed by atoms with Crippen molar-refractivity contribution in [1.29, 1.82) is 0 Å². The smallest absolute Gasteiger partial charge is 0.237 e. The highest BCUT2D eigenvalue weighted by Crippen LogP contribution is 2.13. The third-order valence-electron chi connectivity index (χ3n) is 3.83. The van der Waals surface area contributed by atoms with Gasteiger partial charge in [-0.15, -0.1) is 0 Å². The summed E-state index contributed by atoms with van der Waals surface area (Å²) in [5.41, 5.74) is 4.79. The van der Waals surface area contributed by atoms with Crippen molar-refractivity contribution in [1.82, 2.24) is 10.2 Å². The zero-order chi connectivity index (χ0) is 15.6. The van der Waals surface area contributed by atoms with Gasteiger partial charge in [0.15, 0.2) is 0 Å². The van der Waals surface area contributed by atoms with Gasteiger partial charge in [-0.05, 0) is 40.3 Å². The van der Waals surface area contributed by atoms with Crippen LogP contribution >= 0.6 is 0 Å². The molecular weight excluding hydrogens is 258 g/mol. The first-order valence-corrected chi connectivity index (χ1v) is 7.12. The minimum Gasteiger partial charge on any atom is -0.383 e. The number of nitrogens with one attached hydrogen (secondary N) is 1. The number of carbonyl (C=O) groups is 1. The van der Waals surface area contributed by atoms with Crippen LogP contribution in [-0.4, -0.2) is 70.0 Å². The van der Waals surface area contributed by atoms with Crippen LogP contribution in [0.3, 0.4) is 0 Å². The molecule has 0 rings (SSSR count). The Labute approximate surface area is 123 Å². The Bertz CT molecular complexity index is 276. The first-order valence-electron chi connectivity index (χ1n) is 7.12. The van der Waals surface area contributed by atoms with Crippen LogP contribution in [0.4, 0.5) is 0 Å². The maximum atomic E-state index is 11.4. The SMILES string of the molecule is CNC(C)(CCCN(CCOC)C(C)COC)C(N)=O. The summed E-state index contributed by atoms with van der Waals surface area (Å²) in [7, 11) is 5.17. The van der Waals surface area contributed by atoms with Gasteiger partial charge in [-0.3, -0.25) is 9.69 Å². The minimum atomic E-state index is -0.641. The number of ether oxygens (including phenoxy) is 2. The van der Waals surface area contributed by atoms with E-state index in [2.05, 4.69) is 17.1 Å². The quantitative estimate of drug-likeness (QED) is 0.537. The number of primary amides is 1. The molecule has 0 radical (unpaired) electrons. The van der Waals surface area contributed by atoms with E-state index in [1.165, 1.54) is 0 Å². The zero-order valence-corrected chi connectivity index (χ0v) is 13.6. The van der Waals surface area contributed by atoms with Crippen LogP contribution < -0.4 is 11.1 Å². The fraction of sp³-hybridized carbons (Fsp3) is 0.929. The maximum Gasteiger partial charge on any atom is 0.237 e. The summed E-state index contributed by atoms with van der Waals surface area (Å²) >= 11 is 0. The molecule has 2 atom stereocenters. The molecule has 3 N–H and O–H groups in total. The van der Waals surface area contributed by atoms with E-state index in [1.807, 2.05) is 6.92 Å². The summed E-state index contributed by atoms with van der Waals surface area (Å²) in [5.74, 6) is -0.312. The molecule has 0 aromatic heterocycles. The molecule has 0 aliphatic carbocycles. The summed E-state index contributed by atoms with van der Waals surface area (Å²) < 4.78 is 10.3. The molecule has 0 aliphatic rings. The van der Waals surface area contributed by atoms with Crippen LogP contribution in [0.2, 0.25) is 0 Å². The molecule has 0 heterocycles. The van der Waals surface area contributed by atoms with Crippen molar-refractivity contribution in [2.24, 2.45) is 5.73 Å². The Hall–Kier alpha value is -0.690. The Kier molecular flexibility index (Phi) is 9.75. The molecule has 20 heavy (non-hydrogen) atoms. The molecular formula is C14H31N3O3. The number of likely N-dealkylation sites (N-methyl/N-ethyl adjacent to an activating group) is 1. The standard InChI is InChI=1S/C14H31N3O3/c1-12(11-20-5)17(9-10-19-4)8-6-7-14(2,16-3)13(15)18/h12,16H,6-11H2,1-5H3,(H2,15,18). The molecule has 0 saturated heterocycles. The van der Waals surface area contributed by atoms with Gasteiger partial charge in [-0.2, -0.15) is 0 Å². The average Bonchev–Trinajstić information content (AvgIpc) is 2.42. The van der Waals surface area contributed by atoms with Crippen molar-refractivity contribution < 1.29 is 14.3 Å². The number of hydrogen-bond donors (Lipinski definition) is 2. The molecule has 1 amide bonds. The number of nitrogens with two attached hydrogens (primary N) is 1. The van der Waals surface area contributed by atoms with Crippen LogP contribution in [0.25, 0.3) is 0 Å². The largest absolute Gasteiger partial charge is 0.383 e. The van der Waals surface area contributed by atoms with Crippen molar-refractivity contribution in [2.45, 2.75) is 38.3 Å². The molecule has 0 aliphatic heterocycles. The van der Waals surface area contributed by atoms with Crippen LogP contribution in [-0.2, 0) is 14.3 Å². The molecule has 0 fully saturated rings. The number of carbonyl (C=O) groups excluding carboxylic acids is 1. The van der Waals surface area contributed by atoms with E-state index in [9.17, 15) is 4.79 Å². The number of rotatable bonds is 12. The van der Waals surface area contributed by atoms with Crippen LogP contribution in [0, 0.1) is 0 Å². The van der Waals surface area contributed by atoms with Crippen LogP contribution in [0.15, 0.2) is 0 Å². The molecule has 0 bridgehead atoms. The van der Waals surface area contributed by atoms with Crippen molar-refractivity contribution in [3.63, 3.8) is 0 Å². The maximum absolute atomic E-state index is 11.4. The molecule has 0 aromatic rings. The first kappa shape index (κ1) is 19.3. The van der Waals surface area contributed by atoms with Gasteiger partial charge >= 0.3 is 0 Å². The second-order valence-electron chi connectivity index (χ2n) is 5.38. The van der Waals surface area contributed by atoms with Gasteiger partial charge in [0.05, 0.1) is 18.8 Å². The van der Waals surface area contributed by atoms with Gasteiger partial charge in [0, 0.05) is 26.8 Å². The normalized spacial score (nSPS) is 16.1. The molecule has 6 heteroatoms. The lowest BCUT2D eigenvalue weighted by molar-refractivity contribution is -0.123. The fourth-order valence-corrected chi connectivity index (χ4v) is 2.11. The molecule has 0 aromatic carbocycles. The fourth-order valence-electron chi connectivity index (χ4n) is 2.11. The van der Waals surface area contributed by atoms with E-state index in [1.54, 1.807) is 21.3 Å². The van der Waals surface area contributed by atoms with Gasteiger partial charge in [0.2, 0.25) is 5.91 Å². The predicted molar refractivity (Wildman–Crippen MR) is 80.7 cm³/mol. The Balaban J connectivity index is 4.34. The van der Waals surface area contributed by atoms with Gasteiger partial charge < -0.3 is 20.5 Å². The molecule has 6 nitrogen and oxygen atoms in total. The molecule has 2 unspecified atom stereocenters. The van der Waals surface area contributed by atoms with Gasteiger partial charge in [-0.1, -0.05) is 0 Å². The monoisotopic (exact) mass is 289 g/mol. The third-order valence-corrected chi connectivity index (χ3v) is 3.83. The van der Waals surface area contributed by atoms with Gasteiger partial charge in [0.25, 0.3) is 0 Å². The highest BCUT2D eigenvalue weighted by atomic mass is 16.5. The Morgan fingerprint density at radius 1 is 1.35 bits per heavy atom. The molecule has 0 spiro atoms.